The molecule has 8 heteroatoms. The van der Waals surface area contributed by atoms with Gasteiger partial charge in [0.25, 0.3) is 0 Å². The highest BCUT2D eigenvalue weighted by Gasteiger charge is 2.10. The highest BCUT2D eigenvalue weighted by atomic mass is 32.2. The summed E-state index contributed by atoms with van der Waals surface area (Å²) in [5.41, 5.74) is 8.71. The van der Waals surface area contributed by atoms with Gasteiger partial charge >= 0.3 is 0 Å². The molecule has 2 aromatic rings. The van der Waals surface area contributed by atoms with Crippen molar-refractivity contribution in [3.8, 4) is 0 Å². The van der Waals surface area contributed by atoms with Gasteiger partial charge in [0.15, 0.2) is 0 Å². The van der Waals surface area contributed by atoms with Crippen molar-refractivity contribution in [1.82, 2.24) is 9.71 Å². The predicted octanol–water partition coefficient (Wildman–Crippen LogP) is 1.94. The van der Waals surface area contributed by atoms with Gasteiger partial charge < -0.3 is 5.73 Å². The van der Waals surface area contributed by atoms with Gasteiger partial charge in [0.05, 0.1) is 23.5 Å². The van der Waals surface area contributed by atoms with Gasteiger partial charge in [-0.3, -0.25) is 0 Å². The molecule has 0 saturated carbocycles. The molecule has 0 saturated heterocycles. The molecule has 1 aromatic heterocycles. The van der Waals surface area contributed by atoms with E-state index in [4.69, 9.17) is 5.73 Å². The molecule has 0 amide bonds. The Labute approximate surface area is 126 Å². The molecule has 0 unspecified atom stereocenters. The number of rotatable bonds is 7. The molecule has 20 heavy (non-hydrogen) atoms. The van der Waals surface area contributed by atoms with Gasteiger partial charge in [-0.2, -0.15) is 0 Å². The molecule has 0 atom stereocenters. The van der Waals surface area contributed by atoms with E-state index in [2.05, 4.69) is 9.71 Å². The lowest BCUT2D eigenvalue weighted by molar-refractivity contribution is 0.582. The Balaban J connectivity index is 1.76. The fraction of sp³-hybridized carbons (Fsp3) is 0.250. The molecule has 0 spiro atoms. The lowest BCUT2D eigenvalue weighted by Crippen LogP contribution is -2.27. The van der Waals surface area contributed by atoms with Crippen molar-refractivity contribution in [2.24, 2.45) is 0 Å². The Bertz CT molecular complexity index is 624. The van der Waals surface area contributed by atoms with E-state index < -0.39 is 10.0 Å². The number of nitrogen functional groups attached to an aromatic ring is 1. The summed E-state index contributed by atoms with van der Waals surface area (Å²) in [6.45, 7) is 0.248. The smallest absolute Gasteiger partial charge is 0.212 e. The fourth-order valence-electron chi connectivity index (χ4n) is 1.41. The van der Waals surface area contributed by atoms with Crippen molar-refractivity contribution in [1.29, 1.82) is 0 Å². The molecule has 0 fully saturated rings. The summed E-state index contributed by atoms with van der Waals surface area (Å²) in [4.78, 5) is 5.04. The molecule has 0 bridgehead atoms. The van der Waals surface area contributed by atoms with Gasteiger partial charge in [0.2, 0.25) is 10.0 Å². The van der Waals surface area contributed by atoms with Crippen LogP contribution in [-0.2, 0) is 16.6 Å². The Morgan fingerprint density at radius 3 is 2.70 bits per heavy atom. The van der Waals surface area contributed by atoms with Crippen LogP contribution < -0.4 is 10.5 Å². The number of thioether (sulfide) groups is 1. The summed E-state index contributed by atoms with van der Waals surface area (Å²) in [5.74, 6) is 0.572. The van der Waals surface area contributed by atoms with Gasteiger partial charge in [-0.25, -0.2) is 18.1 Å². The first-order valence-corrected chi connectivity index (χ1v) is 9.46. The minimum Gasteiger partial charge on any atom is -0.399 e. The summed E-state index contributed by atoms with van der Waals surface area (Å²) >= 11 is 2.94. The van der Waals surface area contributed by atoms with Gasteiger partial charge in [-0.1, -0.05) is 0 Å². The van der Waals surface area contributed by atoms with Gasteiger partial charge in [0.1, 0.15) is 0 Å². The SMILES string of the molecule is Nc1ccc(SCCS(=O)(=O)NCc2cscn2)cc1. The Morgan fingerprint density at radius 2 is 2.05 bits per heavy atom. The highest BCUT2D eigenvalue weighted by molar-refractivity contribution is 8.00. The summed E-state index contributed by atoms with van der Waals surface area (Å²) < 4.78 is 26.1. The van der Waals surface area contributed by atoms with Crippen LogP contribution >= 0.6 is 23.1 Å². The maximum atomic E-state index is 11.8. The molecule has 0 radical (unpaired) electrons. The first-order valence-electron chi connectivity index (χ1n) is 5.88. The number of thiazole rings is 1. The predicted molar refractivity (Wildman–Crippen MR) is 84.3 cm³/mol. The van der Waals surface area contributed by atoms with E-state index in [9.17, 15) is 8.42 Å². The van der Waals surface area contributed by atoms with E-state index in [1.54, 1.807) is 17.6 Å². The number of nitrogens with one attached hydrogen (secondary N) is 1. The zero-order valence-electron chi connectivity index (χ0n) is 10.7. The van der Waals surface area contributed by atoms with Crippen LogP contribution in [0.25, 0.3) is 0 Å². The van der Waals surface area contributed by atoms with Crippen molar-refractivity contribution in [3.05, 3.63) is 40.8 Å². The molecule has 0 aliphatic heterocycles. The van der Waals surface area contributed by atoms with E-state index in [-0.39, 0.29) is 12.3 Å². The molecule has 108 valence electrons. The average molecular weight is 329 g/mol. The maximum absolute atomic E-state index is 11.8. The van der Waals surface area contributed by atoms with Crippen LogP contribution in [0.1, 0.15) is 5.69 Å². The standard InChI is InChI=1S/C12H15N3O2S3/c13-10-1-3-12(4-2-10)19-5-6-20(16,17)15-7-11-8-18-9-14-11/h1-4,8-9,15H,5-7,13H2. The van der Waals surface area contributed by atoms with Crippen LogP contribution in [0, 0.1) is 0 Å². The summed E-state index contributed by atoms with van der Waals surface area (Å²) in [5, 5.41) is 1.83. The third kappa shape index (κ3) is 5.12. The van der Waals surface area contributed by atoms with Gasteiger partial charge in [-0.05, 0) is 24.3 Å². The summed E-state index contributed by atoms with van der Waals surface area (Å²) in [7, 11) is -3.27. The third-order valence-corrected chi connectivity index (χ3v) is 5.69. The maximum Gasteiger partial charge on any atom is 0.212 e. The summed E-state index contributed by atoms with van der Waals surface area (Å²) in [6.07, 6.45) is 0. The number of nitrogens with two attached hydrogens (primary N) is 1. The number of sulfonamides is 1. The highest BCUT2D eigenvalue weighted by Crippen LogP contribution is 2.19. The minimum absolute atomic E-state index is 0.0756. The van der Waals surface area contributed by atoms with E-state index in [0.29, 0.717) is 11.4 Å². The summed E-state index contributed by atoms with van der Waals surface area (Å²) in [6, 6.07) is 7.37. The molecule has 1 aromatic carbocycles. The van der Waals surface area contributed by atoms with Crippen LogP contribution in [0.4, 0.5) is 5.69 Å². The number of hydrogen-bond donors (Lipinski definition) is 2. The minimum atomic E-state index is -3.27. The van der Waals surface area contributed by atoms with E-state index in [1.807, 2.05) is 17.5 Å². The molecule has 5 nitrogen and oxygen atoms in total. The second-order valence-electron chi connectivity index (χ2n) is 4.04. The fourth-order valence-corrected chi connectivity index (χ4v) is 4.26. The lowest BCUT2D eigenvalue weighted by Gasteiger charge is -2.05. The number of aromatic nitrogens is 1. The number of anilines is 1. The number of benzene rings is 1. The molecule has 1 heterocycles. The topological polar surface area (TPSA) is 85.1 Å². The molecular formula is C12H15N3O2S3. The zero-order valence-corrected chi connectivity index (χ0v) is 13.1. The third-order valence-electron chi connectivity index (χ3n) is 2.46. The first kappa shape index (κ1) is 15.3. The second-order valence-corrected chi connectivity index (χ2v) is 7.85. The Kier molecular flexibility index (Phi) is 5.41. The van der Waals surface area contributed by atoms with Crippen molar-refractivity contribution in [3.63, 3.8) is 0 Å². The van der Waals surface area contributed by atoms with Gasteiger partial charge in [-0.15, -0.1) is 23.1 Å². The zero-order chi connectivity index (χ0) is 14.4. The van der Waals surface area contributed by atoms with Crippen molar-refractivity contribution in [2.45, 2.75) is 11.4 Å². The quantitative estimate of drug-likeness (QED) is 0.599. The van der Waals surface area contributed by atoms with Crippen molar-refractivity contribution >= 4 is 38.8 Å². The lowest BCUT2D eigenvalue weighted by atomic mass is 10.3. The monoisotopic (exact) mass is 329 g/mol. The number of nitrogens with zero attached hydrogens (tertiary/aromatic N) is 1. The second kappa shape index (κ2) is 7.07. The van der Waals surface area contributed by atoms with Crippen LogP contribution in [0.15, 0.2) is 40.1 Å². The van der Waals surface area contributed by atoms with Crippen LogP contribution in [0.3, 0.4) is 0 Å². The average Bonchev–Trinajstić information content (AvgIpc) is 2.92. The first-order chi connectivity index (χ1) is 9.55. The molecule has 0 aliphatic carbocycles. The Morgan fingerprint density at radius 1 is 1.30 bits per heavy atom. The van der Waals surface area contributed by atoms with Crippen LogP contribution in [0.5, 0.6) is 0 Å². The van der Waals surface area contributed by atoms with Gasteiger partial charge in [0, 0.05) is 21.7 Å². The van der Waals surface area contributed by atoms with Crippen LogP contribution in [-0.4, -0.2) is 24.9 Å². The van der Waals surface area contributed by atoms with Crippen molar-refractivity contribution in [2.75, 3.05) is 17.2 Å². The largest absolute Gasteiger partial charge is 0.399 e. The van der Waals surface area contributed by atoms with E-state index in [0.717, 1.165) is 10.6 Å². The Hall–Kier alpha value is -1.09. The molecule has 2 rings (SSSR count). The van der Waals surface area contributed by atoms with Crippen LogP contribution in [0.2, 0.25) is 0 Å². The van der Waals surface area contributed by atoms with E-state index in [1.165, 1.54) is 23.1 Å². The molecule has 3 N–H and O–H groups in total. The van der Waals surface area contributed by atoms with Crippen molar-refractivity contribution < 1.29 is 8.42 Å². The molecule has 0 aliphatic rings. The molecular weight excluding hydrogens is 314 g/mol. The normalized spacial score (nSPS) is 11.6. The van der Waals surface area contributed by atoms with E-state index >= 15 is 0 Å². The number of hydrogen-bond acceptors (Lipinski definition) is 6.